The molecule has 3 rings (SSSR count). The molecule has 0 aliphatic carbocycles. The summed E-state index contributed by atoms with van der Waals surface area (Å²) < 4.78 is 41.2. The number of carbonyl (C=O) groups excluding carboxylic acids is 2. The predicted octanol–water partition coefficient (Wildman–Crippen LogP) is 4.20. The van der Waals surface area contributed by atoms with Gasteiger partial charge in [0.1, 0.15) is 17.5 Å². The first-order chi connectivity index (χ1) is 15.5. The molecule has 33 heavy (non-hydrogen) atoms. The fourth-order valence-electron chi connectivity index (χ4n) is 4.02. The highest BCUT2D eigenvalue weighted by Gasteiger charge is 2.35. The molecule has 2 aromatic rings. The summed E-state index contributed by atoms with van der Waals surface area (Å²) in [7, 11) is 0. The SMILES string of the molecule is CCCC1(C)CC(=O)N(Cc2cc(F)cc(C(=O)NC(C)c3cc(F)cc(F)c3)c2)C(N)=N1. The summed E-state index contributed by atoms with van der Waals surface area (Å²) in [5, 5.41) is 2.60. The Bertz CT molecular complexity index is 1080. The number of hydrogen-bond acceptors (Lipinski definition) is 4. The normalized spacial score (nSPS) is 19.3. The van der Waals surface area contributed by atoms with E-state index in [-0.39, 0.29) is 36.0 Å². The van der Waals surface area contributed by atoms with E-state index < -0.39 is 34.9 Å². The molecule has 2 aromatic carbocycles. The lowest BCUT2D eigenvalue weighted by Gasteiger charge is -2.35. The third-order valence-corrected chi connectivity index (χ3v) is 5.58. The Labute approximate surface area is 190 Å². The van der Waals surface area contributed by atoms with Gasteiger partial charge in [-0.15, -0.1) is 0 Å². The van der Waals surface area contributed by atoms with E-state index in [1.165, 1.54) is 17.0 Å². The van der Waals surface area contributed by atoms with Crippen LogP contribution in [-0.2, 0) is 11.3 Å². The number of hydrogen-bond donors (Lipinski definition) is 2. The maximum Gasteiger partial charge on any atom is 0.251 e. The van der Waals surface area contributed by atoms with Crippen molar-refractivity contribution in [2.75, 3.05) is 0 Å². The topological polar surface area (TPSA) is 87.8 Å². The number of aliphatic imine (C=N–C) groups is 1. The van der Waals surface area contributed by atoms with Crippen molar-refractivity contribution in [1.82, 2.24) is 10.2 Å². The van der Waals surface area contributed by atoms with Crippen LogP contribution in [0.15, 0.2) is 41.4 Å². The average molecular weight is 461 g/mol. The molecule has 1 heterocycles. The van der Waals surface area contributed by atoms with Crippen LogP contribution in [-0.4, -0.2) is 28.2 Å². The molecule has 0 saturated carbocycles. The third kappa shape index (κ3) is 5.91. The molecule has 2 atom stereocenters. The Morgan fingerprint density at radius 3 is 2.39 bits per heavy atom. The molecule has 0 bridgehead atoms. The standard InChI is InChI=1S/C24H27F3N4O2/c1-4-5-24(3)12-21(32)31(23(28)30-24)13-15-6-17(10-18(25)7-15)22(33)29-14(2)16-8-19(26)11-20(27)9-16/h6-11,14H,4-5,12-13H2,1-3H3,(H2,28,30)(H,29,33). The summed E-state index contributed by atoms with van der Waals surface area (Å²) in [5.74, 6) is -3.00. The van der Waals surface area contributed by atoms with E-state index in [4.69, 9.17) is 5.73 Å². The summed E-state index contributed by atoms with van der Waals surface area (Å²) in [5.41, 5.74) is 6.06. The summed E-state index contributed by atoms with van der Waals surface area (Å²) in [6.07, 6.45) is 1.75. The Kier molecular flexibility index (Phi) is 7.09. The van der Waals surface area contributed by atoms with Gasteiger partial charge < -0.3 is 11.1 Å². The Hall–Kier alpha value is -3.36. The summed E-state index contributed by atoms with van der Waals surface area (Å²) in [6.45, 7) is 5.38. The number of carbonyl (C=O) groups is 2. The van der Waals surface area contributed by atoms with Crippen molar-refractivity contribution in [2.45, 2.75) is 58.2 Å². The summed E-state index contributed by atoms with van der Waals surface area (Å²) in [6, 6.07) is 5.94. The molecule has 3 N–H and O–H groups in total. The minimum Gasteiger partial charge on any atom is -0.369 e. The molecule has 9 heteroatoms. The van der Waals surface area contributed by atoms with Gasteiger partial charge in [-0.25, -0.2) is 18.2 Å². The molecule has 1 aliphatic rings. The number of amides is 2. The van der Waals surface area contributed by atoms with Crippen molar-refractivity contribution in [2.24, 2.45) is 10.7 Å². The van der Waals surface area contributed by atoms with Crippen LogP contribution in [0.5, 0.6) is 0 Å². The summed E-state index contributed by atoms with van der Waals surface area (Å²) in [4.78, 5) is 31.1. The first kappa shape index (κ1) is 24.3. The monoisotopic (exact) mass is 460 g/mol. The fraction of sp³-hybridized carbons (Fsp3) is 0.375. The molecule has 0 aromatic heterocycles. The van der Waals surface area contributed by atoms with Crippen molar-refractivity contribution in [3.63, 3.8) is 0 Å². The van der Waals surface area contributed by atoms with Crippen LogP contribution in [0.3, 0.4) is 0 Å². The zero-order valence-corrected chi connectivity index (χ0v) is 18.8. The molecule has 0 spiro atoms. The van der Waals surface area contributed by atoms with E-state index in [2.05, 4.69) is 10.3 Å². The highest BCUT2D eigenvalue weighted by molar-refractivity contribution is 5.99. The molecule has 176 valence electrons. The Morgan fingerprint density at radius 2 is 1.79 bits per heavy atom. The molecule has 1 aliphatic heterocycles. The number of nitrogens with two attached hydrogens (primary N) is 1. The first-order valence-electron chi connectivity index (χ1n) is 10.7. The number of nitrogens with one attached hydrogen (secondary N) is 1. The fourth-order valence-corrected chi connectivity index (χ4v) is 4.02. The van der Waals surface area contributed by atoms with Gasteiger partial charge in [0.15, 0.2) is 5.96 Å². The molecule has 2 unspecified atom stereocenters. The van der Waals surface area contributed by atoms with Gasteiger partial charge in [0.2, 0.25) is 5.91 Å². The zero-order chi connectivity index (χ0) is 24.3. The van der Waals surface area contributed by atoms with Crippen LogP contribution in [0.1, 0.15) is 67.6 Å². The number of rotatable bonds is 7. The van der Waals surface area contributed by atoms with E-state index in [1.807, 2.05) is 13.8 Å². The maximum atomic E-state index is 14.3. The molecule has 0 saturated heterocycles. The quantitative estimate of drug-likeness (QED) is 0.649. The lowest BCUT2D eigenvalue weighted by molar-refractivity contribution is -0.130. The van der Waals surface area contributed by atoms with Crippen LogP contribution in [0.2, 0.25) is 0 Å². The van der Waals surface area contributed by atoms with Gasteiger partial charge >= 0.3 is 0 Å². The predicted molar refractivity (Wildman–Crippen MR) is 119 cm³/mol. The lowest BCUT2D eigenvalue weighted by Crippen LogP contribution is -2.50. The van der Waals surface area contributed by atoms with Crippen molar-refractivity contribution < 1.29 is 22.8 Å². The highest BCUT2D eigenvalue weighted by atomic mass is 19.1. The second-order valence-corrected chi connectivity index (χ2v) is 8.62. The first-order valence-corrected chi connectivity index (χ1v) is 10.7. The number of nitrogens with zero attached hydrogens (tertiary/aromatic N) is 2. The van der Waals surface area contributed by atoms with Crippen molar-refractivity contribution in [3.05, 3.63) is 70.5 Å². The van der Waals surface area contributed by atoms with Gasteiger partial charge in [-0.1, -0.05) is 13.3 Å². The highest BCUT2D eigenvalue weighted by Crippen LogP contribution is 2.28. The van der Waals surface area contributed by atoms with Crippen LogP contribution in [0, 0.1) is 17.5 Å². The van der Waals surface area contributed by atoms with E-state index in [9.17, 15) is 22.8 Å². The van der Waals surface area contributed by atoms with Gasteiger partial charge in [-0.3, -0.25) is 14.5 Å². The van der Waals surface area contributed by atoms with E-state index >= 15 is 0 Å². The molecule has 2 amide bonds. The molecular weight excluding hydrogens is 433 g/mol. The molecule has 0 radical (unpaired) electrons. The van der Waals surface area contributed by atoms with Crippen LogP contribution in [0.25, 0.3) is 0 Å². The zero-order valence-electron chi connectivity index (χ0n) is 18.8. The maximum absolute atomic E-state index is 14.3. The molecular formula is C24H27F3N4O2. The Morgan fingerprint density at radius 1 is 1.15 bits per heavy atom. The summed E-state index contributed by atoms with van der Waals surface area (Å²) >= 11 is 0. The van der Waals surface area contributed by atoms with Gasteiger partial charge in [0, 0.05) is 11.6 Å². The van der Waals surface area contributed by atoms with E-state index in [0.717, 1.165) is 30.7 Å². The van der Waals surface area contributed by atoms with E-state index in [1.54, 1.807) is 6.92 Å². The van der Waals surface area contributed by atoms with Gasteiger partial charge in [-0.2, -0.15) is 0 Å². The number of halogens is 3. The smallest absolute Gasteiger partial charge is 0.251 e. The van der Waals surface area contributed by atoms with Crippen molar-refractivity contribution >= 4 is 17.8 Å². The molecule has 6 nitrogen and oxygen atoms in total. The average Bonchev–Trinajstić information content (AvgIpc) is 2.69. The van der Waals surface area contributed by atoms with Crippen LogP contribution < -0.4 is 11.1 Å². The largest absolute Gasteiger partial charge is 0.369 e. The van der Waals surface area contributed by atoms with Crippen LogP contribution >= 0.6 is 0 Å². The van der Waals surface area contributed by atoms with Crippen molar-refractivity contribution in [3.8, 4) is 0 Å². The van der Waals surface area contributed by atoms with E-state index in [0.29, 0.717) is 12.0 Å². The number of guanidine groups is 1. The van der Waals surface area contributed by atoms with Gasteiger partial charge in [0.25, 0.3) is 5.91 Å². The van der Waals surface area contributed by atoms with Gasteiger partial charge in [-0.05, 0) is 61.7 Å². The van der Waals surface area contributed by atoms with Crippen molar-refractivity contribution in [1.29, 1.82) is 0 Å². The minimum atomic E-state index is -0.764. The Balaban J connectivity index is 1.78. The second-order valence-electron chi connectivity index (χ2n) is 8.62. The third-order valence-electron chi connectivity index (χ3n) is 5.58. The lowest BCUT2D eigenvalue weighted by atomic mass is 9.91. The van der Waals surface area contributed by atoms with Gasteiger partial charge in [0.05, 0.1) is 24.5 Å². The number of benzene rings is 2. The molecule has 0 fully saturated rings. The second kappa shape index (κ2) is 9.64. The van der Waals surface area contributed by atoms with Crippen LogP contribution in [0.4, 0.5) is 13.2 Å². The minimum absolute atomic E-state index is 0.00418.